The highest BCUT2D eigenvalue weighted by Gasteiger charge is 2.20. The lowest BCUT2D eigenvalue weighted by Gasteiger charge is -2.14. The fourth-order valence-electron chi connectivity index (χ4n) is 3.43. The van der Waals surface area contributed by atoms with Gasteiger partial charge in [0, 0.05) is 16.7 Å². The monoisotopic (exact) mass is 366 g/mol. The van der Waals surface area contributed by atoms with Crippen molar-refractivity contribution in [1.82, 2.24) is 4.98 Å². The fraction of sp³-hybridized carbons (Fsp3) is 0.0833. The first-order valence-electron chi connectivity index (χ1n) is 8.87. The first-order chi connectivity index (χ1) is 13.8. The third kappa shape index (κ3) is 2.93. The predicted octanol–water partition coefficient (Wildman–Crippen LogP) is 5.41. The summed E-state index contributed by atoms with van der Waals surface area (Å²) >= 11 is 0. The van der Waals surface area contributed by atoms with E-state index in [4.69, 9.17) is 9.47 Å². The summed E-state index contributed by atoms with van der Waals surface area (Å²) in [5.41, 5.74) is 5.90. The molecule has 1 aromatic carbocycles. The Hall–Kier alpha value is -3.84. The maximum absolute atomic E-state index is 9.77. The number of benzene rings is 1. The van der Waals surface area contributed by atoms with Gasteiger partial charge in [0.2, 0.25) is 5.88 Å². The van der Waals surface area contributed by atoms with E-state index >= 15 is 0 Å². The first kappa shape index (κ1) is 17.6. The van der Waals surface area contributed by atoms with E-state index in [2.05, 4.69) is 29.3 Å². The van der Waals surface area contributed by atoms with Gasteiger partial charge < -0.3 is 9.47 Å². The standard InChI is InChI=1S/C24H18N2O2/c1-27-23-11-7-6-10-19(23)20-14-22(26-24(28-2)21(20)15-25)18-13-12-16-8-4-3-5-9-17(16)18/h3-14H,1-2H3. The lowest BCUT2D eigenvalue weighted by atomic mass is 9.97. The molecule has 4 rings (SSSR count). The molecule has 0 aliphatic heterocycles. The molecule has 0 fully saturated rings. The number of para-hydroxylation sites is 1. The summed E-state index contributed by atoms with van der Waals surface area (Å²) in [5, 5.41) is 9.77. The lowest BCUT2D eigenvalue weighted by molar-refractivity contribution is 0.397. The zero-order chi connectivity index (χ0) is 19.5. The second kappa shape index (κ2) is 7.42. The summed E-state index contributed by atoms with van der Waals surface area (Å²) in [5.74, 6) is 0.993. The van der Waals surface area contributed by atoms with Gasteiger partial charge in [-0.2, -0.15) is 5.26 Å². The van der Waals surface area contributed by atoms with Gasteiger partial charge >= 0.3 is 0 Å². The largest absolute Gasteiger partial charge is 0.496 e. The van der Waals surface area contributed by atoms with Crippen molar-refractivity contribution in [2.24, 2.45) is 0 Å². The molecule has 136 valence electrons. The van der Waals surface area contributed by atoms with Crippen LogP contribution in [0, 0.1) is 11.3 Å². The predicted molar refractivity (Wildman–Crippen MR) is 110 cm³/mol. The van der Waals surface area contributed by atoms with Gasteiger partial charge in [-0.3, -0.25) is 0 Å². The van der Waals surface area contributed by atoms with E-state index in [-0.39, 0.29) is 0 Å². The average molecular weight is 366 g/mol. The highest BCUT2D eigenvalue weighted by molar-refractivity contribution is 5.88. The molecular formula is C24H18N2O2. The van der Waals surface area contributed by atoms with Gasteiger partial charge in [0.05, 0.1) is 19.9 Å². The molecular weight excluding hydrogens is 348 g/mol. The molecule has 0 atom stereocenters. The molecule has 2 aliphatic rings. The van der Waals surface area contributed by atoms with Crippen LogP contribution in [0.25, 0.3) is 33.5 Å². The van der Waals surface area contributed by atoms with Crippen molar-refractivity contribution >= 4 is 0 Å². The third-order valence-electron chi connectivity index (χ3n) is 4.76. The van der Waals surface area contributed by atoms with Gasteiger partial charge in [0.1, 0.15) is 17.4 Å². The van der Waals surface area contributed by atoms with Crippen molar-refractivity contribution in [2.75, 3.05) is 14.2 Å². The van der Waals surface area contributed by atoms with Gasteiger partial charge in [-0.25, -0.2) is 4.98 Å². The van der Waals surface area contributed by atoms with E-state index in [1.54, 1.807) is 7.11 Å². The van der Waals surface area contributed by atoms with Crippen LogP contribution in [0.5, 0.6) is 11.6 Å². The number of rotatable bonds is 4. The third-order valence-corrected chi connectivity index (χ3v) is 4.76. The molecule has 0 unspecified atom stereocenters. The van der Waals surface area contributed by atoms with Gasteiger partial charge in [-0.1, -0.05) is 60.7 Å². The second-order valence-corrected chi connectivity index (χ2v) is 6.28. The highest BCUT2D eigenvalue weighted by Crippen LogP contribution is 2.40. The number of aromatic nitrogens is 1. The Morgan fingerprint density at radius 3 is 2.29 bits per heavy atom. The number of fused-ring (bicyclic) bond motifs is 1. The molecule has 28 heavy (non-hydrogen) atoms. The molecule has 0 bridgehead atoms. The van der Waals surface area contributed by atoms with Gasteiger partial charge in [-0.05, 0) is 23.3 Å². The zero-order valence-electron chi connectivity index (χ0n) is 15.6. The second-order valence-electron chi connectivity index (χ2n) is 6.28. The smallest absolute Gasteiger partial charge is 0.232 e. The Labute approximate surface area is 164 Å². The Bertz CT molecular complexity index is 1160. The van der Waals surface area contributed by atoms with Gasteiger partial charge in [-0.15, -0.1) is 0 Å². The maximum Gasteiger partial charge on any atom is 0.232 e. The van der Waals surface area contributed by atoms with Crippen molar-refractivity contribution in [3.8, 4) is 51.2 Å². The molecule has 2 aliphatic carbocycles. The molecule has 0 saturated carbocycles. The average Bonchev–Trinajstić information content (AvgIpc) is 3.00. The van der Waals surface area contributed by atoms with Crippen LogP contribution in [0.4, 0.5) is 0 Å². The van der Waals surface area contributed by atoms with Crippen LogP contribution in [0.3, 0.4) is 0 Å². The van der Waals surface area contributed by atoms with Crippen LogP contribution in [0.1, 0.15) is 5.56 Å². The number of methoxy groups -OCH3 is 2. The summed E-state index contributed by atoms with van der Waals surface area (Å²) in [6.07, 6.45) is 0. The quantitative estimate of drug-likeness (QED) is 0.485. The Morgan fingerprint density at radius 1 is 0.750 bits per heavy atom. The molecule has 0 spiro atoms. The minimum atomic E-state index is 0.301. The summed E-state index contributed by atoms with van der Waals surface area (Å²) in [6.45, 7) is 0. The van der Waals surface area contributed by atoms with E-state index in [1.165, 1.54) is 7.11 Å². The number of nitriles is 1. The Balaban J connectivity index is 2.00. The van der Waals surface area contributed by atoms with Crippen LogP contribution in [-0.4, -0.2) is 19.2 Å². The molecule has 4 heteroatoms. The molecule has 2 aromatic rings. The minimum absolute atomic E-state index is 0.301. The normalized spacial score (nSPS) is 10.5. The van der Waals surface area contributed by atoms with E-state index in [9.17, 15) is 5.26 Å². The number of hydrogen-bond donors (Lipinski definition) is 0. The van der Waals surface area contributed by atoms with Crippen molar-refractivity contribution in [1.29, 1.82) is 5.26 Å². The van der Waals surface area contributed by atoms with Crippen LogP contribution in [-0.2, 0) is 0 Å². The number of nitrogens with zero attached hydrogens (tertiary/aromatic N) is 2. The molecule has 4 nitrogen and oxygen atoms in total. The summed E-state index contributed by atoms with van der Waals surface area (Å²) in [7, 11) is 3.15. The van der Waals surface area contributed by atoms with Crippen LogP contribution >= 0.6 is 0 Å². The highest BCUT2D eigenvalue weighted by atomic mass is 16.5. The van der Waals surface area contributed by atoms with E-state index in [0.29, 0.717) is 17.2 Å². The van der Waals surface area contributed by atoms with E-state index in [0.717, 1.165) is 33.5 Å². The lowest BCUT2D eigenvalue weighted by Crippen LogP contribution is -1.98. The topological polar surface area (TPSA) is 55.1 Å². The SMILES string of the molecule is COc1ccccc1-c1cc(-c2ccc3cccccc2-3)nc(OC)c1C#N. The molecule has 0 N–H and O–H groups in total. The Kier molecular flexibility index (Phi) is 4.65. The van der Waals surface area contributed by atoms with Crippen LogP contribution < -0.4 is 9.47 Å². The van der Waals surface area contributed by atoms with Crippen LogP contribution in [0.15, 0.2) is 72.8 Å². The maximum atomic E-state index is 9.77. The van der Waals surface area contributed by atoms with Crippen LogP contribution in [0.2, 0.25) is 0 Å². The zero-order valence-corrected chi connectivity index (χ0v) is 15.6. The minimum Gasteiger partial charge on any atom is -0.496 e. The van der Waals surface area contributed by atoms with Gasteiger partial charge in [0.25, 0.3) is 0 Å². The number of ether oxygens (including phenoxy) is 2. The summed E-state index contributed by atoms with van der Waals surface area (Å²) in [6, 6.07) is 26.1. The first-order valence-corrected chi connectivity index (χ1v) is 8.87. The molecule has 1 heterocycles. The summed E-state index contributed by atoms with van der Waals surface area (Å²) < 4.78 is 11.0. The summed E-state index contributed by atoms with van der Waals surface area (Å²) in [4.78, 5) is 4.63. The number of pyridine rings is 1. The van der Waals surface area contributed by atoms with E-state index < -0.39 is 0 Å². The fourth-order valence-corrected chi connectivity index (χ4v) is 3.43. The molecule has 0 radical (unpaired) electrons. The molecule has 0 saturated heterocycles. The van der Waals surface area contributed by atoms with Crippen molar-refractivity contribution in [2.45, 2.75) is 0 Å². The molecule has 1 aromatic heterocycles. The van der Waals surface area contributed by atoms with E-state index in [1.807, 2.05) is 54.6 Å². The van der Waals surface area contributed by atoms with Crippen molar-refractivity contribution in [3.63, 3.8) is 0 Å². The van der Waals surface area contributed by atoms with Gasteiger partial charge in [0.15, 0.2) is 0 Å². The van der Waals surface area contributed by atoms with Crippen molar-refractivity contribution in [3.05, 3.63) is 78.4 Å². The number of hydrogen-bond acceptors (Lipinski definition) is 4. The Morgan fingerprint density at radius 2 is 1.50 bits per heavy atom. The molecule has 0 amide bonds. The van der Waals surface area contributed by atoms with Crippen molar-refractivity contribution < 1.29 is 9.47 Å².